The molecule has 0 fully saturated rings. The molecule has 0 radical (unpaired) electrons. The van der Waals surface area contributed by atoms with Gasteiger partial charge >= 0.3 is 0 Å². The average molecular weight is 433 g/mol. The predicted octanol–water partition coefficient (Wildman–Crippen LogP) is 3.88. The number of benzene rings is 1. The highest BCUT2D eigenvalue weighted by atomic mass is 32.2. The summed E-state index contributed by atoms with van der Waals surface area (Å²) in [5, 5.41) is 3.27. The number of aryl methyl sites for hydroxylation is 2. The van der Waals surface area contributed by atoms with Gasteiger partial charge < -0.3 is 4.57 Å². The zero-order valence-electron chi connectivity index (χ0n) is 17.4. The summed E-state index contributed by atoms with van der Waals surface area (Å²) in [5.41, 5.74) is 3.09. The number of rotatable bonds is 9. The number of hydrogen-bond acceptors (Lipinski definition) is 6. The minimum atomic E-state index is -3.39. The molecule has 0 spiro atoms. The fourth-order valence-electron chi connectivity index (χ4n) is 3.17. The molecule has 8 heteroatoms. The Morgan fingerprint density at radius 2 is 1.97 bits per heavy atom. The highest BCUT2D eigenvalue weighted by Crippen LogP contribution is 2.25. The van der Waals surface area contributed by atoms with Crippen LogP contribution < -0.4 is 0 Å². The van der Waals surface area contributed by atoms with E-state index in [0.717, 1.165) is 22.8 Å². The van der Waals surface area contributed by atoms with Crippen molar-refractivity contribution in [1.82, 2.24) is 19.4 Å². The van der Waals surface area contributed by atoms with E-state index in [9.17, 15) is 8.42 Å². The molecule has 1 atom stereocenters. The van der Waals surface area contributed by atoms with Crippen LogP contribution in [-0.2, 0) is 29.3 Å². The second kappa shape index (κ2) is 9.19. The quantitative estimate of drug-likeness (QED) is 0.513. The van der Waals surface area contributed by atoms with E-state index in [-0.39, 0.29) is 17.0 Å². The van der Waals surface area contributed by atoms with E-state index >= 15 is 0 Å². The Morgan fingerprint density at radius 3 is 2.59 bits per heavy atom. The molecule has 0 N–H and O–H groups in total. The van der Waals surface area contributed by atoms with E-state index in [2.05, 4.69) is 39.3 Å². The van der Waals surface area contributed by atoms with E-state index in [0.29, 0.717) is 13.1 Å². The highest BCUT2D eigenvalue weighted by molar-refractivity contribution is 7.91. The SMILES string of the molecule is CCS(=O)(=O)c1ncc(CN(C)C(C)c2nc(C)cs2)n1CCc1ccccc1. The minimum absolute atomic E-state index is 0.0411. The normalized spacial score (nSPS) is 13.1. The monoisotopic (exact) mass is 432 g/mol. The van der Waals surface area contributed by atoms with Crippen LogP contribution in [0.4, 0.5) is 0 Å². The van der Waals surface area contributed by atoms with Gasteiger partial charge in [-0.25, -0.2) is 18.4 Å². The minimum Gasteiger partial charge on any atom is -0.317 e. The molecule has 3 rings (SSSR count). The molecule has 29 heavy (non-hydrogen) atoms. The van der Waals surface area contributed by atoms with E-state index in [1.807, 2.05) is 36.7 Å². The highest BCUT2D eigenvalue weighted by Gasteiger charge is 2.23. The molecule has 0 aliphatic rings. The molecule has 0 aliphatic heterocycles. The Labute approximate surface area is 177 Å². The maximum Gasteiger partial charge on any atom is 0.227 e. The summed E-state index contributed by atoms with van der Waals surface area (Å²) in [5.74, 6) is 0.0411. The summed E-state index contributed by atoms with van der Waals surface area (Å²) in [6.07, 6.45) is 2.45. The van der Waals surface area contributed by atoms with Gasteiger partial charge in [-0.1, -0.05) is 37.3 Å². The largest absolute Gasteiger partial charge is 0.317 e. The van der Waals surface area contributed by atoms with Gasteiger partial charge in [-0.15, -0.1) is 11.3 Å². The van der Waals surface area contributed by atoms with Gasteiger partial charge in [0.1, 0.15) is 5.01 Å². The van der Waals surface area contributed by atoms with Gasteiger partial charge in [0.05, 0.1) is 23.7 Å². The molecular formula is C21H28N4O2S2. The molecule has 156 valence electrons. The molecule has 2 aromatic heterocycles. The molecule has 0 saturated heterocycles. The van der Waals surface area contributed by atoms with Crippen LogP contribution in [0.5, 0.6) is 0 Å². The van der Waals surface area contributed by atoms with Gasteiger partial charge in [-0.05, 0) is 32.9 Å². The van der Waals surface area contributed by atoms with Crippen LogP contribution in [-0.4, -0.2) is 40.7 Å². The van der Waals surface area contributed by atoms with Crippen molar-refractivity contribution in [3.63, 3.8) is 0 Å². The van der Waals surface area contributed by atoms with Gasteiger partial charge in [0.15, 0.2) is 0 Å². The summed E-state index contributed by atoms with van der Waals surface area (Å²) >= 11 is 1.65. The molecule has 1 aromatic carbocycles. The van der Waals surface area contributed by atoms with Crippen LogP contribution in [0.15, 0.2) is 47.1 Å². The number of hydrogen-bond donors (Lipinski definition) is 0. The third-order valence-corrected chi connectivity index (χ3v) is 7.87. The van der Waals surface area contributed by atoms with Gasteiger partial charge in [-0.3, -0.25) is 4.90 Å². The van der Waals surface area contributed by atoms with E-state index in [4.69, 9.17) is 0 Å². The van der Waals surface area contributed by atoms with Crippen molar-refractivity contribution in [2.75, 3.05) is 12.8 Å². The van der Waals surface area contributed by atoms with Crippen LogP contribution in [0.25, 0.3) is 0 Å². The molecule has 3 aromatic rings. The van der Waals surface area contributed by atoms with E-state index in [1.165, 1.54) is 5.56 Å². The number of nitrogens with zero attached hydrogens (tertiary/aromatic N) is 4. The van der Waals surface area contributed by atoms with Crippen LogP contribution in [0.3, 0.4) is 0 Å². The topological polar surface area (TPSA) is 68.1 Å². The smallest absolute Gasteiger partial charge is 0.227 e. The first-order valence-electron chi connectivity index (χ1n) is 9.75. The van der Waals surface area contributed by atoms with Crippen molar-refractivity contribution >= 4 is 21.2 Å². The Morgan fingerprint density at radius 1 is 1.24 bits per heavy atom. The third-order valence-electron chi connectivity index (χ3n) is 5.09. The van der Waals surface area contributed by atoms with Crippen LogP contribution >= 0.6 is 11.3 Å². The van der Waals surface area contributed by atoms with Crippen LogP contribution in [0.2, 0.25) is 0 Å². The first-order valence-corrected chi connectivity index (χ1v) is 12.3. The number of thiazole rings is 1. The zero-order valence-corrected chi connectivity index (χ0v) is 19.0. The predicted molar refractivity (Wildman–Crippen MR) is 117 cm³/mol. The Kier molecular flexibility index (Phi) is 6.87. The Hall–Kier alpha value is -2.03. The maximum absolute atomic E-state index is 12.6. The standard InChI is InChI=1S/C21H28N4O2S2/c1-5-29(26,27)21-22-13-19(25(21)12-11-18-9-7-6-8-10-18)14-24(4)17(3)20-23-16(2)15-28-20/h6-10,13,15,17H,5,11-12,14H2,1-4H3. The number of imidazole rings is 1. The van der Waals surface area contributed by atoms with E-state index < -0.39 is 9.84 Å². The fraction of sp³-hybridized carbons (Fsp3) is 0.429. The lowest BCUT2D eigenvalue weighted by molar-refractivity contribution is 0.245. The fourth-order valence-corrected chi connectivity index (χ4v) is 5.10. The molecule has 0 amide bonds. The number of sulfone groups is 1. The number of aromatic nitrogens is 3. The lowest BCUT2D eigenvalue weighted by Crippen LogP contribution is -2.24. The lowest BCUT2D eigenvalue weighted by atomic mass is 10.1. The second-order valence-corrected chi connectivity index (χ2v) is 10.3. The first kappa shape index (κ1) is 21.7. The van der Waals surface area contributed by atoms with E-state index in [1.54, 1.807) is 24.5 Å². The van der Waals surface area contributed by atoms with Crippen molar-refractivity contribution in [1.29, 1.82) is 0 Å². The molecular weight excluding hydrogens is 404 g/mol. The van der Waals surface area contributed by atoms with Crippen LogP contribution in [0.1, 0.15) is 41.8 Å². The molecule has 0 bridgehead atoms. The Bertz CT molecular complexity index is 1040. The summed E-state index contributed by atoms with van der Waals surface area (Å²) in [6.45, 7) is 6.94. The molecule has 0 aliphatic carbocycles. The van der Waals surface area contributed by atoms with Crippen molar-refractivity contribution in [3.8, 4) is 0 Å². The molecule has 1 unspecified atom stereocenters. The van der Waals surface area contributed by atoms with Gasteiger partial charge in [-0.2, -0.15) is 0 Å². The van der Waals surface area contributed by atoms with Gasteiger partial charge in [0.2, 0.25) is 15.0 Å². The van der Waals surface area contributed by atoms with Crippen molar-refractivity contribution < 1.29 is 8.42 Å². The van der Waals surface area contributed by atoms with Crippen molar-refractivity contribution in [2.24, 2.45) is 0 Å². The summed E-state index contributed by atoms with van der Waals surface area (Å²) in [4.78, 5) is 11.1. The maximum atomic E-state index is 12.6. The third kappa shape index (κ3) is 5.12. The van der Waals surface area contributed by atoms with Crippen molar-refractivity contribution in [3.05, 3.63) is 63.9 Å². The van der Waals surface area contributed by atoms with Crippen molar-refractivity contribution in [2.45, 2.75) is 51.5 Å². The van der Waals surface area contributed by atoms with Gasteiger partial charge in [0, 0.05) is 24.2 Å². The zero-order chi connectivity index (χ0) is 21.0. The average Bonchev–Trinajstić information content (AvgIpc) is 3.33. The molecule has 0 saturated carbocycles. The summed E-state index contributed by atoms with van der Waals surface area (Å²) in [6, 6.07) is 10.2. The molecule has 2 heterocycles. The lowest BCUT2D eigenvalue weighted by Gasteiger charge is -2.23. The summed E-state index contributed by atoms with van der Waals surface area (Å²) < 4.78 is 27.0. The summed E-state index contributed by atoms with van der Waals surface area (Å²) in [7, 11) is -1.36. The first-order chi connectivity index (χ1) is 13.8. The van der Waals surface area contributed by atoms with Crippen LogP contribution in [0, 0.1) is 6.92 Å². The second-order valence-electron chi connectivity index (χ2n) is 7.24. The van der Waals surface area contributed by atoms with Gasteiger partial charge in [0.25, 0.3) is 0 Å². The molecule has 6 nitrogen and oxygen atoms in total. The Balaban J connectivity index is 1.85.